The maximum atomic E-state index is 13.0. The molecule has 0 saturated carbocycles. The van der Waals surface area contributed by atoms with Crippen LogP contribution in [0.4, 0.5) is 5.69 Å². The van der Waals surface area contributed by atoms with Gasteiger partial charge in [0.15, 0.2) is 0 Å². The lowest BCUT2D eigenvalue weighted by Gasteiger charge is -2.47. The van der Waals surface area contributed by atoms with Gasteiger partial charge in [-0.2, -0.15) is 0 Å². The fourth-order valence-electron chi connectivity index (χ4n) is 3.59. The predicted octanol–water partition coefficient (Wildman–Crippen LogP) is 1.61. The molecular weight excluding hydrogens is 318 g/mol. The number of hydrogen-bond donors (Lipinski definition) is 0. The van der Waals surface area contributed by atoms with Gasteiger partial charge in [0, 0.05) is 50.9 Å². The Hall–Kier alpha value is -2.08. The Kier molecular flexibility index (Phi) is 4.99. The van der Waals surface area contributed by atoms with E-state index in [1.807, 2.05) is 47.9 Å². The molecule has 2 aliphatic heterocycles. The first kappa shape index (κ1) is 17.7. The second-order valence-corrected chi connectivity index (χ2v) is 7.36. The summed E-state index contributed by atoms with van der Waals surface area (Å²) in [5.41, 5.74) is 1.45. The van der Waals surface area contributed by atoms with Gasteiger partial charge in [-0.3, -0.25) is 9.59 Å². The van der Waals surface area contributed by atoms with Crippen LogP contribution in [-0.2, 0) is 9.53 Å². The maximum Gasteiger partial charge on any atom is 0.254 e. The number of anilines is 1. The molecule has 2 fully saturated rings. The third-order valence-electron chi connectivity index (χ3n) is 5.08. The van der Waals surface area contributed by atoms with Gasteiger partial charge in [0.2, 0.25) is 5.91 Å². The Morgan fingerprint density at radius 3 is 2.20 bits per heavy atom. The van der Waals surface area contributed by atoms with E-state index in [0.29, 0.717) is 25.2 Å². The number of nitrogens with zero attached hydrogens (tertiary/aromatic N) is 3. The lowest BCUT2D eigenvalue weighted by Crippen LogP contribution is -2.61. The van der Waals surface area contributed by atoms with Crippen molar-refractivity contribution in [1.29, 1.82) is 0 Å². The average Bonchev–Trinajstić information content (AvgIpc) is 2.61. The van der Waals surface area contributed by atoms with Crippen LogP contribution in [0.1, 0.15) is 31.1 Å². The van der Waals surface area contributed by atoms with Crippen LogP contribution < -0.4 is 4.90 Å². The predicted molar refractivity (Wildman–Crippen MR) is 96.8 cm³/mol. The molecule has 0 unspecified atom stereocenters. The van der Waals surface area contributed by atoms with E-state index in [4.69, 9.17) is 4.74 Å². The van der Waals surface area contributed by atoms with Crippen molar-refractivity contribution in [3.05, 3.63) is 29.8 Å². The second kappa shape index (κ2) is 7.04. The highest BCUT2D eigenvalue weighted by molar-refractivity contribution is 5.95. The highest BCUT2D eigenvalue weighted by Gasteiger charge is 2.37. The van der Waals surface area contributed by atoms with Gasteiger partial charge in [0.25, 0.3) is 5.91 Å². The van der Waals surface area contributed by atoms with Crippen LogP contribution in [0.25, 0.3) is 0 Å². The number of rotatable bonds is 2. The summed E-state index contributed by atoms with van der Waals surface area (Å²) < 4.78 is 5.38. The molecule has 6 heteroatoms. The molecular formula is C19H27N3O3. The third kappa shape index (κ3) is 3.79. The van der Waals surface area contributed by atoms with Crippen molar-refractivity contribution in [2.75, 3.05) is 50.8 Å². The van der Waals surface area contributed by atoms with Gasteiger partial charge in [-0.15, -0.1) is 0 Å². The zero-order valence-electron chi connectivity index (χ0n) is 15.3. The number of ether oxygens (including phenoxy) is 1. The second-order valence-electron chi connectivity index (χ2n) is 7.36. The van der Waals surface area contributed by atoms with Crippen molar-refractivity contribution in [2.24, 2.45) is 0 Å². The van der Waals surface area contributed by atoms with Crippen molar-refractivity contribution in [1.82, 2.24) is 9.80 Å². The molecule has 136 valence electrons. The number of amides is 2. The van der Waals surface area contributed by atoms with Crippen LogP contribution in [0, 0.1) is 0 Å². The molecule has 2 aliphatic rings. The Labute approximate surface area is 149 Å². The van der Waals surface area contributed by atoms with Crippen molar-refractivity contribution in [3.63, 3.8) is 0 Å². The average molecular weight is 345 g/mol. The molecule has 2 amide bonds. The summed E-state index contributed by atoms with van der Waals surface area (Å²) >= 11 is 0. The smallest absolute Gasteiger partial charge is 0.254 e. The highest BCUT2D eigenvalue weighted by atomic mass is 16.5. The van der Waals surface area contributed by atoms with Gasteiger partial charge >= 0.3 is 0 Å². The molecule has 0 aliphatic carbocycles. The monoisotopic (exact) mass is 345 g/mol. The number of benzene rings is 1. The molecule has 0 spiro atoms. The first-order valence-corrected chi connectivity index (χ1v) is 8.89. The molecule has 2 heterocycles. The van der Waals surface area contributed by atoms with E-state index in [1.165, 1.54) is 0 Å². The minimum atomic E-state index is -0.371. The van der Waals surface area contributed by atoms with E-state index < -0.39 is 0 Å². The van der Waals surface area contributed by atoms with Gasteiger partial charge in [0.05, 0.1) is 18.8 Å². The zero-order chi connectivity index (χ0) is 18.0. The molecule has 0 bridgehead atoms. The largest absolute Gasteiger partial charge is 0.378 e. The number of hydrogen-bond acceptors (Lipinski definition) is 4. The van der Waals surface area contributed by atoms with E-state index in [-0.39, 0.29) is 17.4 Å². The van der Waals surface area contributed by atoms with Crippen LogP contribution in [-0.4, -0.2) is 73.1 Å². The van der Waals surface area contributed by atoms with Gasteiger partial charge in [0.1, 0.15) is 0 Å². The Balaban J connectivity index is 1.71. The number of carbonyl (C=O) groups is 2. The number of carbonyl (C=O) groups excluding carboxylic acids is 2. The van der Waals surface area contributed by atoms with Gasteiger partial charge in [-0.1, -0.05) is 0 Å². The van der Waals surface area contributed by atoms with E-state index in [9.17, 15) is 9.59 Å². The van der Waals surface area contributed by atoms with Crippen molar-refractivity contribution < 1.29 is 14.3 Å². The zero-order valence-corrected chi connectivity index (χ0v) is 15.3. The number of piperazine rings is 1. The van der Waals surface area contributed by atoms with Crippen LogP contribution in [0.3, 0.4) is 0 Å². The summed E-state index contributed by atoms with van der Waals surface area (Å²) in [5, 5.41) is 0. The molecule has 0 atom stereocenters. The molecule has 3 rings (SSSR count). The normalized spacial score (nSPS) is 20.5. The summed E-state index contributed by atoms with van der Waals surface area (Å²) in [7, 11) is 0. The standard InChI is InChI=1S/C19H27N3O3/c1-15(23)21-8-9-22(19(2,3)14-21)18(24)16-4-6-17(7-5-16)20-10-12-25-13-11-20/h4-7H,8-14H2,1-3H3. The number of morpholine rings is 1. The molecule has 0 N–H and O–H groups in total. The molecule has 6 nitrogen and oxygen atoms in total. The van der Waals surface area contributed by atoms with E-state index >= 15 is 0 Å². The molecule has 2 saturated heterocycles. The third-order valence-corrected chi connectivity index (χ3v) is 5.08. The van der Waals surface area contributed by atoms with Gasteiger partial charge in [-0.25, -0.2) is 0 Å². The Morgan fingerprint density at radius 1 is 1.00 bits per heavy atom. The molecule has 1 aromatic carbocycles. The van der Waals surface area contributed by atoms with Crippen molar-refractivity contribution >= 4 is 17.5 Å². The van der Waals surface area contributed by atoms with E-state index in [2.05, 4.69) is 4.90 Å². The van der Waals surface area contributed by atoms with Crippen LogP contribution >= 0.6 is 0 Å². The summed E-state index contributed by atoms with van der Waals surface area (Å²) in [6.45, 7) is 10.6. The Bertz CT molecular complexity index is 636. The lowest BCUT2D eigenvalue weighted by atomic mass is 9.97. The minimum Gasteiger partial charge on any atom is -0.378 e. The summed E-state index contributed by atoms with van der Waals surface area (Å²) in [6, 6.07) is 7.83. The van der Waals surface area contributed by atoms with Crippen LogP contribution in [0.15, 0.2) is 24.3 Å². The van der Waals surface area contributed by atoms with Crippen LogP contribution in [0.2, 0.25) is 0 Å². The highest BCUT2D eigenvalue weighted by Crippen LogP contribution is 2.24. The maximum absolute atomic E-state index is 13.0. The Morgan fingerprint density at radius 2 is 1.64 bits per heavy atom. The molecule has 1 aromatic rings. The SMILES string of the molecule is CC(=O)N1CCN(C(=O)c2ccc(N3CCOCC3)cc2)C(C)(C)C1. The minimum absolute atomic E-state index is 0.0294. The summed E-state index contributed by atoms with van der Waals surface area (Å²) in [6.07, 6.45) is 0. The lowest BCUT2D eigenvalue weighted by molar-refractivity contribution is -0.133. The molecule has 25 heavy (non-hydrogen) atoms. The fraction of sp³-hybridized carbons (Fsp3) is 0.579. The molecule has 0 aromatic heterocycles. The van der Waals surface area contributed by atoms with Gasteiger partial charge in [-0.05, 0) is 38.1 Å². The first-order chi connectivity index (χ1) is 11.9. The van der Waals surface area contributed by atoms with Crippen LogP contribution in [0.5, 0.6) is 0 Å². The topological polar surface area (TPSA) is 53.1 Å². The van der Waals surface area contributed by atoms with E-state index in [1.54, 1.807) is 6.92 Å². The van der Waals surface area contributed by atoms with Crippen molar-refractivity contribution in [2.45, 2.75) is 26.3 Å². The van der Waals surface area contributed by atoms with Crippen molar-refractivity contribution in [3.8, 4) is 0 Å². The summed E-state index contributed by atoms with van der Waals surface area (Å²) in [4.78, 5) is 30.6. The van der Waals surface area contributed by atoms with Gasteiger partial charge < -0.3 is 19.4 Å². The quantitative estimate of drug-likeness (QED) is 0.817. The summed E-state index contributed by atoms with van der Waals surface area (Å²) in [5.74, 6) is 0.0942. The molecule has 0 radical (unpaired) electrons. The van der Waals surface area contributed by atoms with E-state index in [0.717, 1.165) is 32.0 Å². The fourth-order valence-corrected chi connectivity index (χ4v) is 3.59. The first-order valence-electron chi connectivity index (χ1n) is 8.89.